The maximum Gasteiger partial charge on any atom is 0.311 e. The molecule has 0 bridgehead atoms. The lowest BCUT2D eigenvalue weighted by atomic mass is 9.82. The van der Waals surface area contributed by atoms with Gasteiger partial charge < -0.3 is 10.0 Å². The molecule has 2 rings (SSSR count). The van der Waals surface area contributed by atoms with Crippen LogP contribution in [-0.4, -0.2) is 35.0 Å². The van der Waals surface area contributed by atoms with Crippen molar-refractivity contribution in [1.82, 2.24) is 4.90 Å². The Kier molecular flexibility index (Phi) is 4.13. The Morgan fingerprint density at radius 2 is 1.95 bits per heavy atom. The molecule has 102 valence electrons. The van der Waals surface area contributed by atoms with Gasteiger partial charge in [0, 0.05) is 22.2 Å². The third-order valence-corrected chi connectivity index (χ3v) is 4.31. The van der Waals surface area contributed by atoms with Gasteiger partial charge in [-0.05, 0) is 66.6 Å². The Morgan fingerprint density at radius 3 is 2.53 bits per heavy atom. The van der Waals surface area contributed by atoms with E-state index in [0.717, 1.165) is 9.99 Å². The van der Waals surface area contributed by atoms with Crippen LogP contribution in [0.5, 0.6) is 0 Å². The highest BCUT2D eigenvalue weighted by molar-refractivity contribution is 14.1. The minimum absolute atomic E-state index is 0.0800. The Bertz CT molecular complexity index is 500. The van der Waals surface area contributed by atoms with E-state index in [9.17, 15) is 14.7 Å². The first-order valence-corrected chi connectivity index (χ1v) is 7.28. The molecule has 1 heterocycles. The van der Waals surface area contributed by atoms with Gasteiger partial charge in [-0.1, -0.05) is 0 Å². The number of likely N-dealkylation sites (tertiary alicyclic amines) is 1. The number of carboxylic acid groups (broad SMARTS) is 1. The fourth-order valence-corrected chi connectivity index (χ4v) is 2.72. The SMILES string of the molecule is CC1(C(=O)O)CCCN(C(=O)c2ccc(I)cc2)C1. The number of carbonyl (C=O) groups excluding carboxylic acids is 1. The van der Waals surface area contributed by atoms with E-state index < -0.39 is 11.4 Å². The van der Waals surface area contributed by atoms with Crippen LogP contribution >= 0.6 is 22.6 Å². The van der Waals surface area contributed by atoms with E-state index in [1.54, 1.807) is 24.0 Å². The highest BCUT2D eigenvalue weighted by Crippen LogP contribution is 2.30. The number of amides is 1. The van der Waals surface area contributed by atoms with Gasteiger partial charge >= 0.3 is 5.97 Å². The number of aliphatic carboxylic acids is 1. The topological polar surface area (TPSA) is 57.6 Å². The summed E-state index contributed by atoms with van der Waals surface area (Å²) in [7, 11) is 0. The zero-order valence-corrected chi connectivity index (χ0v) is 12.9. The quantitative estimate of drug-likeness (QED) is 0.811. The number of halogens is 1. The molecule has 4 nitrogen and oxygen atoms in total. The number of rotatable bonds is 2. The molecule has 1 unspecified atom stereocenters. The Balaban J connectivity index is 2.15. The van der Waals surface area contributed by atoms with Crippen LogP contribution < -0.4 is 0 Å². The first-order chi connectivity index (χ1) is 8.92. The van der Waals surface area contributed by atoms with E-state index in [1.165, 1.54) is 0 Å². The average Bonchev–Trinajstić information content (AvgIpc) is 2.39. The molecule has 1 aliphatic heterocycles. The van der Waals surface area contributed by atoms with Crippen molar-refractivity contribution in [2.45, 2.75) is 19.8 Å². The molecule has 5 heteroatoms. The maximum absolute atomic E-state index is 12.4. The summed E-state index contributed by atoms with van der Waals surface area (Å²) in [5.74, 6) is -0.906. The molecule has 1 aromatic rings. The van der Waals surface area contributed by atoms with E-state index in [0.29, 0.717) is 18.5 Å². The molecule has 1 fully saturated rings. The smallest absolute Gasteiger partial charge is 0.311 e. The highest BCUT2D eigenvalue weighted by Gasteiger charge is 2.39. The number of carboxylic acids is 1. The van der Waals surface area contributed by atoms with E-state index in [2.05, 4.69) is 22.6 Å². The van der Waals surface area contributed by atoms with Gasteiger partial charge in [-0.3, -0.25) is 9.59 Å². The molecule has 0 aliphatic carbocycles. The summed E-state index contributed by atoms with van der Waals surface area (Å²) in [6.45, 7) is 2.63. The first-order valence-electron chi connectivity index (χ1n) is 6.21. The fourth-order valence-electron chi connectivity index (χ4n) is 2.36. The second kappa shape index (κ2) is 5.48. The second-order valence-corrected chi connectivity index (χ2v) is 6.45. The molecule has 0 aromatic heterocycles. The second-order valence-electron chi connectivity index (χ2n) is 5.20. The zero-order valence-electron chi connectivity index (χ0n) is 10.7. The number of benzene rings is 1. The number of hydrogen-bond acceptors (Lipinski definition) is 2. The predicted molar refractivity (Wildman–Crippen MR) is 80.0 cm³/mol. The summed E-state index contributed by atoms with van der Waals surface area (Å²) in [5, 5.41) is 9.27. The van der Waals surface area contributed by atoms with Gasteiger partial charge in [-0.15, -0.1) is 0 Å². The molecule has 0 radical (unpaired) electrons. The van der Waals surface area contributed by atoms with Crippen molar-refractivity contribution in [2.24, 2.45) is 5.41 Å². The number of carbonyl (C=O) groups is 2. The molecule has 0 spiro atoms. The van der Waals surface area contributed by atoms with Crippen molar-refractivity contribution in [3.8, 4) is 0 Å². The van der Waals surface area contributed by atoms with Gasteiger partial charge in [0.15, 0.2) is 0 Å². The fraction of sp³-hybridized carbons (Fsp3) is 0.429. The maximum atomic E-state index is 12.4. The lowest BCUT2D eigenvalue weighted by Gasteiger charge is -2.37. The van der Waals surface area contributed by atoms with Crippen LogP contribution in [0, 0.1) is 8.99 Å². The summed E-state index contributed by atoms with van der Waals surface area (Å²) in [6.07, 6.45) is 1.36. The normalized spacial score (nSPS) is 23.2. The van der Waals surface area contributed by atoms with Crippen molar-refractivity contribution >= 4 is 34.5 Å². The lowest BCUT2D eigenvalue weighted by Crippen LogP contribution is -2.48. The van der Waals surface area contributed by atoms with Crippen molar-refractivity contribution in [3.63, 3.8) is 0 Å². The van der Waals surface area contributed by atoms with Crippen LogP contribution in [0.1, 0.15) is 30.1 Å². The first kappa shape index (κ1) is 14.3. The molecule has 1 aliphatic rings. The van der Waals surface area contributed by atoms with Gasteiger partial charge in [-0.2, -0.15) is 0 Å². The highest BCUT2D eigenvalue weighted by atomic mass is 127. The molecule has 1 atom stereocenters. The van der Waals surface area contributed by atoms with Crippen LogP contribution in [-0.2, 0) is 4.79 Å². The molecule has 1 saturated heterocycles. The largest absolute Gasteiger partial charge is 0.481 e. The predicted octanol–water partition coefficient (Wildman–Crippen LogP) is 2.62. The number of nitrogens with zero attached hydrogens (tertiary/aromatic N) is 1. The Morgan fingerprint density at radius 1 is 1.32 bits per heavy atom. The number of hydrogen-bond donors (Lipinski definition) is 1. The van der Waals surface area contributed by atoms with Gasteiger partial charge in [0.25, 0.3) is 5.91 Å². The Hall–Kier alpha value is -1.11. The van der Waals surface area contributed by atoms with Crippen molar-refractivity contribution in [3.05, 3.63) is 33.4 Å². The molecule has 19 heavy (non-hydrogen) atoms. The molecule has 1 aromatic carbocycles. The van der Waals surface area contributed by atoms with E-state index in [4.69, 9.17) is 0 Å². The molecule has 0 saturated carbocycles. The molecular weight excluding hydrogens is 357 g/mol. The van der Waals surface area contributed by atoms with Crippen LogP contribution in [0.2, 0.25) is 0 Å². The lowest BCUT2D eigenvalue weighted by molar-refractivity contribution is -0.150. The van der Waals surface area contributed by atoms with E-state index in [-0.39, 0.29) is 12.5 Å². The summed E-state index contributed by atoms with van der Waals surface area (Å²) in [6, 6.07) is 7.34. The standard InChI is InChI=1S/C14H16INO3/c1-14(13(18)19)7-2-8-16(9-14)12(17)10-3-5-11(15)6-4-10/h3-6H,2,7-9H2,1H3,(H,18,19). The van der Waals surface area contributed by atoms with Crippen molar-refractivity contribution in [2.75, 3.05) is 13.1 Å². The third kappa shape index (κ3) is 3.08. The summed E-state index contributed by atoms with van der Waals surface area (Å²) in [5.41, 5.74) is -0.202. The summed E-state index contributed by atoms with van der Waals surface area (Å²) < 4.78 is 1.07. The minimum Gasteiger partial charge on any atom is -0.481 e. The number of piperidine rings is 1. The van der Waals surface area contributed by atoms with Crippen LogP contribution in [0.3, 0.4) is 0 Å². The third-order valence-electron chi connectivity index (χ3n) is 3.59. The van der Waals surface area contributed by atoms with Gasteiger partial charge in [0.05, 0.1) is 5.41 Å². The van der Waals surface area contributed by atoms with Crippen LogP contribution in [0.15, 0.2) is 24.3 Å². The van der Waals surface area contributed by atoms with Crippen LogP contribution in [0.25, 0.3) is 0 Å². The molecule has 1 N–H and O–H groups in total. The Labute approximate surface area is 125 Å². The van der Waals surface area contributed by atoms with E-state index in [1.807, 2.05) is 12.1 Å². The van der Waals surface area contributed by atoms with Gasteiger partial charge in [0.1, 0.15) is 0 Å². The van der Waals surface area contributed by atoms with Crippen LogP contribution in [0.4, 0.5) is 0 Å². The van der Waals surface area contributed by atoms with Crippen molar-refractivity contribution in [1.29, 1.82) is 0 Å². The van der Waals surface area contributed by atoms with E-state index >= 15 is 0 Å². The zero-order chi connectivity index (χ0) is 14.0. The minimum atomic E-state index is -0.826. The monoisotopic (exact) mass is 373 g/mol. The summed E-state index contributed by atoms with van der Waals surface area (Å²) in [4.78, 5) is 25.3. The molecular formula is C14H16INO3. The molecule has 1 amide bonds. The van der Waals surface area contributed by atoms with Gasteiger partial charge in [-0.25, -0.2) is 0 Å². The van der Waals surface area contributed by atoms with Crippen molar-refractivity contribution < 1.29 is 14.7 Å². The van der Waals surface area contributed by atoms with Gasteiger partial charge in [0.2, 0.25) is 0 Å². The average molecular weight is 373 g/mol. The summed E-state index contributed by atoms with van der Waals surface area (Å²) >= 11 is 2.19.